The third-order valence-electron chi connectivity index (χ3n) is 4.37. The molecule has 4 nitrogen and oxygen atoms in total. The van der Waals surface area contributed by atoms with Crippen molar-refractivity contribution in [3.05, 3.63) is 64.7 Å². The Hall–Kier alpha value is -2.11. The van der Waals surface area contributed by atoms with Gasteiger partial charge in [-0.05, 0) is 60.3 Å². The second kappa shape index (κ2) is 7.85. The Balaban J connectivity index is 1.48. The predicted octanol–water partition coefficient (Wildman–Crippen LogP) is 4.02. The molecule has 25 heavy (non-hydrogen) atoms. The van der Waals surface area contributed by atoms with Gasteiger partial charge in [-0.15, -0.1) is 0 Å². The van der Waals surface area contributed by atoms with E-state index in [1.165, 1.54) is 5.56 Å². The van der Waals surface area contributed by atoms with Gasteiger partial charge in [0.25, 0.3) is 0 Å². The van der Waals surface area contributed by atoms with Crippen LogP contribution in [0.4, 0.5) is 5.69 Å². The molecule has 1 aliphatic carbocycles. The lowest BCUT2D eigenvalue weighted by molar-refractivity contribution is -0.122. The van der Waals surface area contributed by atoms with Gasteiger partial charge in [-0.25, -0.2) is 0 Å². The number of carbonyl (C=O) groups excluding carboxylic acids is 1. The number of hydrazine groups is 1. The Kier molecular flexibility index (Phi) is 5.56. The number of nitrogens with one attached hydrogen (secondary N) is 3. The molecule has 130 valence electrons. The highest BCUT2D eigenvalue weighted by molar-refractivity contribution is 7.80. The molecular formula is C19H20ClN3OS. The van der Waals surface area contributed by atoms with E-state index in [9.17, 15) is 4.79 Å². The van der Waals surface area contributed by atoms with Gasteiger partial charge in [-0.1, -0.05) is 48.9 Å². The molecule has 2 aromatic rings. The van der Waals surface area contributed by atoms with Crippen LogP contribution >= 0.6 is 23.8 Å². The SMILES string of the molecule is CCc1ccccc1NC(=S)NNC(=O)[C@H]1C[C@H]1c1ccc(Cl)cc1. The highest BCUT2D eigenvalue weighted by Gasteiger charge is 2.43. The van der Waals surface area contributed by atoms with Gasteiger partial charge in [-0.3, -0.25) is 15.6 Å². The van der Waals surface area contributed by atoms with Crippen molar-refractivity contribution in [3.63, 3.8) is 0 Å². The summed E-state index contributed by atoms with van der Waals surface area (Å²) in [6, 6.07) is 15.6. The van der Waals surface area contributed by atoms with Crippen molar-refractivity contribution in [3.8, 4) is 0 Å². The van der Waals surface area contributed by atoms with E-state index in [1.807, 2.05) is 48.5 Å². The average molecular weight is 374 g/mol. The van der Waals surface area contributed by atoms with E-state index in [-0.39, 0.29) is 17.7 Å². The molecule has 0 radical (unpaired) electrons. The van der Waals surface area contributed by atoms with Crippen molar-refractivity contribution in [1.82, 2.24) is 10.9 Å². The molecule has 3 N–H and O–H groups in total. The van der Waals surface area contributed by atoms with Gasteiger partial charge < -0.3 is 5.32 Å². The van der Waals surface area contributed by atoms with Crippen molar-refractivity contribution in [2.45, 2.75) is 25.7 Å². The number of para-hydroxylation sites is 1. The van der Waals surface area contributed by atoms with E-state index in [4.69, 9.17) is 23.8 Å². The van der Waals surface area contributed by atoms with Crippen LogP contribution in [0, 0.1) is 5.92 Å². The van der Waals surface area contributed by atoms with Crippen LogP contribution in [0.5, 0.6) is 0 Å². The molecule has 0 saturated heterocycles. The molecular weight excluding hydrogens is 354 g/mol. The quantitative estimate of drug-likeness (QED) is 0.559. The molecule has 1 fully saturated rings. The third-order valence-corrected chi connectivity index (χ3v) is 4.83. The first kappa shape index (κ1) is 17.7. The van der Waals surface area contributed by atoms with E-state index < -0.39 is 0 Å². The number of amides is 1. The van der Waals surface area contributed by atoms with Crippen molar-refractivity contribution in [1.29, 1.82) is 0 Å². The number of hydrogen-bond acceptors (Lipinski definition) is 2. The average Bonchev–Trinajstić information content (AvgIpc) is 3.41. The number of rotatable bonds is 4. The smallest absolute Gasteiger partial charge is 0.242 e. The molecule has 0 aliphatic heterocycles. The Morgan fingerprint density at radius 1 is 1.16 bits per heavy atom. The van der Waals surface area contributed by atoms with Crippen LogP contribution in [0.3, 0.4) is 0 Å². The molecule has 6 heteroatoms. The fraction of sp³-hybridized carbons (Fsp3) is 0.263. The highest BCUT2D eigenvalue weighted by Crippen LogP contribution is 2.47. The minimum atomic E-state index is -0.0483. The van der Waals surface area contributed by atoms with Gasteiger partial charge in [0.05, 0.1) is 0 Å². The lowest BCUT2D eigenvalue weighted by Crippen LogP contribution is -2.44. The van der Waals surface area contributed by atoms with Crippen LogP contribution in [-0.4, -0.2) is 11.0 Å². The Morgan fingerprint density at radius 2 is 1.88 bits per heavy atom. The number of benzene rings is 2. The number of carbonyl (C=O) groups is 1. The summed E-state index contributed by atoms with van der Waals surface area (Å²) in [5.74, 6) is 0.175. The summed E-state index contributed by atoms with van der Waals surface area (Å²) in [7, 11) is 0. The highest BCUT2D eigenvalue weighted by atomic mass is 35.5. The molecule has 3 rings (SSSR count). The Bertz CT molecular complexity index is 778. The second-order valence-corrected chi connectivity index (χ2v) is 6.92. The predicted molar refractivity (Wildman–Crippen MR) is 106 cm³/mol. The number of anilines is 1. The molecule has 1 saturated carbocycles. The molecule has 0 unspecified atom stereocenters. The zero-order valence-corrected chi connectivity index (χ0v) is 15.5. The van der Waals surface area contributed by atoms with Crippen LogP contribution in [0.2, 0.25) is 5.02 Å². The van der Waals surface area contributed by atoms with Gasteiger partial charge in [0.15, 0.2) is 5.11 Å². The summed E-state index contributed by atoms with van der Waals surface area (Å²) in [4.78, 5) is 12.2. The first-order chi connectivity index (χ1) is 12.1. The fourth-order valence-electron chi connectivity index (χ4n) is 2.88. The van der Waals surface area contributed by atoms with E-state index in [0.29, 0.717) is 10.1 Å². The molecule has 1 amide bonds. The van der Waals surface area contributed by atoms with Gasteiger partial charge in [0.2, 0.25) is 5.91 Å². The normalized spacial score (nSPS) is 18.3. The zero-order valence-electron chi connectivity index (χ0n) is 13.9. The Morgan fingerprint density at radius 3 is 2.60 bits per heavy atom. The standard InChI is InChI=1S/C19H20ClN3OS/c1-2-12-5-3-4-6-17(12)21-19(25)23-22-18(24)16-11-15(16)13-7-9-14(20)10-8-13/h3-10,15-16H,2,11H2,1H3,(H,22,24)(H2,21,23,25)/t15-,16-/m0/s1. The first-order valence-electron chi connectivity index (χ1n) is 8.28. The van der Waals surface area contributed by atoms with Crippen LogP contribution in [0.1, 0.15) is 30.4 Å². The molecule has 2 atom stereocenters. The summed E-state index contributed by atoms with van der Waals surface area (Å²) in [6.45, 7) is 2.09. The lowest BCUT2D eigenvalue weighted by Gasteiger charge is -2.14. The maximum atomic E-state index is 12.2. The zero-order chi connectivity index (χ0) is 17.8. The van der Waals surface area contributed by atoms with E-state index >= 15 is 0 Å². The number of aryl methyl sites for hydroxylation is 1. The summed E-state index contributed by atoms with van der Waals surface area (Å²) in [5.41, 5.74) is 8.74. The van der Waals surface area contributed by atoms with Gasteiger partial charge in [0.1, 0.15) is 0 Å². The van der Waals surface area contributed by atoms with E-state index in [0.717, 1.165) is 24.1 Å². The largest absolute Gasteiger partial charge is 0.331 e. The van der Waals surface area contributed by atoms with Crippen molar-refractivity contribution in [2.75, 3.05) is 5.32 Å². The molecule has 0 aromatic heterocycles. The third kappa shape index (κ3) is 4.50. The molecule has 2 aromatic carbocycles. The van der Waals surface area contributed by atoms with Crippen molar-refractivity contribution >= 4 is 40.5 Å². The van der Waals surface area contributed by atoms with Crippen molar-refractivity contribution in [2.24, 2.45) is 5.92 Å². The summed E-state index contributed by atoms with van der Waals surface area (Å²) < 4.78 is 0. The van der Waals surface area contributed by atoms with Crippen LogP contribution in [0.25, 0.3) is 0 Å². The van der Waals surface area contributed by atoms with Crippen LogP contribution in [0.15, 0.2) is 48.5 Å². The minimum absolute atomic E-state index is 0.0283. The molecule has 0 bridgehead atoms. The number of hydrogen-bond donors (Lipinski definition) is 3. The number of thiocarbonyl (C=S) groups is 1. The monoisotopic (exact) mass is 373 g/mol. The minimum Gasteiger partial charge on any atom is -0.331 e. The summed E-state index contributed by atoms with van der Waals surface area (Å²) >= 11 is 11.2. The first-order valence-corrected chi connectivity index (χ1v) is 9.07. The van der Waals surface area contributed by atoms with Crippen LogP contribution < -0.4 is 16.2 Å². The Labute approximate surface area is 157 Å². The van der Waals surface area contributed by atoms with Crippen LogP contribution in [-0.2, 0) is 11.2 Å². The maximum Gasteiger partial charge on any atom is 0.242 e. The fourth-order valence-corrected chi connectivity index (χ4v) is 3.17. The van der Waals surface area contributed by atoms with Gasteiger partial charge >= 0.3 is 0 Å². The molecule has 0 heterocycles. The maximum absolute atomic E-state index is 12.2. The second-order valence-electron chi connectivity index (χ2n) is 6.08. The van der Waals surface area contributed by atoms with Crippen molar-refractivity contribution < 1.29 is 4.79 Å². The summed E-state index contributed by atoms with van der Waals surface area (Å²) in [5, 5.41) is 4.19. The van der Waals surface area contributed by atoms with Gasteiger partial charge in [-0.2, -0.15) is 0 Å². The topological polar surface area (TPSA) is 53.2 Å². The lowest BCUT2D eigenvalue weighted by atomic mass is 10.1. The molecule has 1 aliphatic rings. The van der Waals surface area contributed by atoms with E-state index in [1.54, 1.807) is 0 Å². The molecule has 0 spiro atoms. The summed E-state index contributed by atoms with van der Waals surface area (Å²) in [6.07, 6.45) is 1.75. The van der Waals surface area contributed by atoms with Gasteiger partial charge in [0, 0.05) is 16.6 Å². The number of halogens is 1. The van der Waals surface area contributed by atoms with E-state index in [2.05, 4.69) is 23.1 Å².